The summed E-state index contributed by atoms with van der Waals surface area (Å²) in [6, 6.07) is 3.78. The van der Waals surface area contributed by atoms with Gasteiger partial charge in [0.25, 0.3) is 0 Å². The van der Waals surface area contributed by atoms with Crippen LogP contribution < -0.4 is 30.0 Å². The Morgan fingerprint density at radius 2 is 1.71 bits per heavy atom. The number of nitrogens with one attached hydrogen (secondary N) is 1. The highest BCUT2D eigenvalue weighted by Crippen LogP contribution is 2.57. The molecule has 0 radical (unpaired) electrons. The largest absolute Gasteiger partial charge is 0.504 e. The summed E-state index contributed by atoms with van der Waals surface area (Å²) < 4.78 is 24.5. The molecule has 4 N–H and O–H groups in total. The van der Waals surface area contributed by atoms with Gasteiger partial charge in [-0.25, -0.2) is 0 Å². The Hall–Kier alpha value is -3.97. The molecule has 222 valence electrons. The summed E-state index contributed by atoms with van der Waals surface area (Å²) in [4.78, 5) is 2.25. The monoisotopic (exact) mass is 572 g/mol. The lowest BCUT2D eigenvalue weighted by Gasteiger charge is -2.55. The van der Waals surface area contributed by atoms with Crippen LogP contribution >= 0.6 is 0 Å². The van der Waals surface area contributed by atoms with Crippen LogP contribution in [0.15, 0.2) is 44.0 Å². The quantitative estimate of drug-likeness (QED) is 0.342. The summed E-state index contributed by atoms with van der Waals surface area (Å²) in [6.45, 7) is 16.8. The third kappa shape index (κ3) is 4.42. The second-order valence-corrected chi connectivity index (χ2v) is 11.1. The standard InChI is InChI=1S/C33H40N4O5/c1-7-10-40-30-20(5)31(41-11-8-2)32(42-12-9-3)26-22(30)14-23-27-25-21(13-19(4)29(39-6)28(25)38)15-33(17-35,18-36-27)37(23)24(26)16-34/h7-9,13,23-24,27,36,38H,1-3,10-12,14-16,18,34H2,4-6H3. The minimum absolute atomic E-state index is 0.109. The SMILES string of the molecule is C=CCOc1c(C)c(OCC=C)c(OCC=C)c2c1CC1C3NCC(C#N)(Cc4cc(C)c(OC)c(O)c43)N1C2CN. The number of phenolic OH excluding ortho intramolecular Hbond substituents is 1. The van der Waals surface area contributed by atoms with E-state index in [1.54, 1.807) is 25.3 Å². The molecule has 0 saturated carbocycles. The van der Waals surface area contributed by atoms with Crippen molar-refractivity contribution in [2.75, 3.05) is 40.0 Å². The lowest BCUT2D eigenvalue weighted by Crippen LogP contribution is -2.68. The molecule has 2 aromatic rings. The molecule has 2 bridgehead atoms. The van der Waals surface area contributed by atoms with Crippen molar-refractivity contribution in [3.63, 3.8) is 0 Å². The number of nitriles is 1. The van der Waals surface area contributed by atoms with Crippen molar-refractivity contribution in [2.24, 2.45) is 5.73 Å². The van der Waals surface area contributed by atoms with Crippen molar-refractivity contribution in [3.05, 3.63) is 77.4 Å². The van der Waals surface area contributed by atoms with Crippen molar-refractivity contribution in [2.45, 2.75) is 50.4 Å². The zero-order chi connectivity index (χ0) is 30.2. The zero-order valence-electron chi connectivity index (χ0n) is 24.7. The van der Waals surface area contributed by atoms with Crippen molar-refractivity contribution in [1.82, 2.24) is 10.2 Å². The first-order valence-electron chi connectivity index (χ1n) is 14.2. The Morgan fingerprint density at radius 3 is 2.31 bits per heavy atom. The first kappa shape index (κ1) is 29.5. The number of phenols is 1. The third-order valence-electron chi connectivity index (χ3n) is 8.70. The van der Waals surface area contributed by atoms with Crippen LogP contribution in [0, 0.1) is 25.2 Å². The number of ether oxygens (including phenoxy) is 4. The molecule has 4 aliphatic rings. The van der Waals surface area contributed by atoms with E-state index in [0.717, 1.165) is 33.4 Å². The van der Waals surface area contributed by atoms with E-state index in [4.69, 9.17) is 24.7 Å². The molecule has 2 aromatic carbocycles. The van der Waals surface area contributed by atoms with Gasteiger partial charge < -0.3 is 35.1 Å². The molecule has 0 amide bonds. The van der Waals surface area contributed by atoms with Crippen LogP contribution in [0.2, 0.25) is 0 Å². The Bertz CT molecular complexity index is 1460. The number of aromatic hydroxyl groups is 1. The van der Waals surface area contributed by atoms with E-state index in [1.165, 1.54) is 0 Å². The second-order valence-electron chi connectivity index (χ2n) is 11.1. The van der Waals surface area contributed by atoms with E-state index in [1.807, 2.05) is 19.9 Å². The van der Waals surface area contributed by atoms with Gasteiger partial charge in [-0.1, -0.05) is 44.0 Å². The highest BCUT2D eigenvalue weighted by atomic mass is 16.5. The maximum absolute atomic E-state index is 11.5. The van der Waals surface area contributed by atoms with Gasteiger partial charge in [-0.2, -0.15) is 5.26 Å². The molecule has 0 aromatic heterocycles. The fraction of sp³-hybridized carbons (Fsp3) is 0.424. The first-order valence-corrected chi connectivity index (χ1v) is 14.2. The maximum atomic E-state index is 11.5. The molecule has 1 fully saturated rings. The number of benzene rings is 2. The van der Waals surface area contributed by atoms with Gasteiger partial charge in [0.2, 0.25) is 0 Å². The van der Waals surface area contributed by atoms with Gasteiger partial charge >= 0.3 is 0 Å². The number of methoxy groups -OCH3 is 1. The molecular formula is C33H40N4O5. The fourth-order valence-electron chi connectivity index (χ4n) is 7.20. The summed E-state index contributed by atoms with van der Waals surface area (Å²) in [6.07, 6.45) is 6.00. The molecule has 42 heavy (non-hydrogen) atoms. The number of hydrogen-bond donors (Lipinski definition) is 3. The summed E-state index contributed by atoms with van der Waals surface area (Å²) in [7, 11) is 1.56. The Labute approximate surface area is 247 Å². The van der Waals surface area contributed by atoms with Crippen LogP contribution in [-0.2, 0) is 12.8 Å². The minimum Gasteiger partial charge on any atom is -0.504 e. The smallest absolute Gasteiger partial charge is 0.168 e. The molecule has 9 nitrogen and oxygen atoms in total. The number of fused-ring (bicyclic) bond motifs is 2. The van der Waals surface area contributed by atoms with Gasteiger partial charge in [0.05, 0.1) is 25.3 Å². The number of nitrogens with zero attached hydrogens (tertiary/aromatic N) is 2. The van der Waals surface area contributed by atoms with E-state index in [-0.39, 0.29) is 37.6 Å². The van der Waals surface area contributed by atoms with Gasteiger partial charge in [0.1, 0.15) is 31.1 Å². The van der Waals surface area contributed by atoms with Crippen LogP contribution in [0.4, 0.5) is 0 Å². The molecule has 4 unspecified atom stereocenters. The van der Waals surface area contributed by atoms with Crippen molar-refractivity contribution >= 4 is 0 Å². The summed E-state index contributed by atoms with van der Waals surface area (Å²) >= 11 is 0. The van der Waals surface area contributed by atoms with Gasteiger partial charge in [0, 0.05) is 47.8 Å². The molecule has 4 atom stereocenters. The molecule has 0 spiro atoms. The molecule has 9 heteroatoms. The molecule has 4 aliphatic heterocycles. The summed E-state index contributed by atoms with van der Waals surface area (Å²) in [5.74, 6) is 2.36. The van der Waals surface area contributed by atoms with E-state index < -0.39 is 11.6 Å². The molecule has 6 rings (SSSR count). The zero-order valence-corrected chi connectivity index (χ0v) is 24.7. The highest BCUT2D eigenvalue weighted by molar-refractivity contribution is 5.66. The lowest BCUT2D eigenvalue weighted by atomic mass is 9.77. The number of piperazine rings is 1. The molecule has 4 heterocycles. The summed E-state index contributed by atoms with van der Waals surface area (Å²) in [5.41, 5.74) is 10.8. The molecule has 0 aliphatic carbocycles. The molecular weight excluding hydrogens is 532 g/mol. The van der Waals surface area contributed by atoms with E-state index >= 15 is 0 Å². The summed E-state index contributed by atoms with van der Waals surface area (Å²) in [5, 5.41) is 26.0. The number of hydrogen-bond acceptors (Lipinski definition) is 9. The molecule has 1 saturated heterocycles. The van der Waals surface area contributed by atoms with Crippen molar-refractivity contribution in [1.29, 1.82) is 5.26 Å². The maximum Gasteiger partial charge on any atom is 0.168 e. The Morgan fingerprint density at radius 1 is 1.07 bits per heavy atom. The number of aryl methyl sites for hydroxylation is 1. The second kappa shape index (κ2) is 11.7. The third-order valence-corrected chi connectivity index (χ3v) is 8.70. The van der Waals surface area contributed by atoms with Crippen LogP contribution in [0.1, 0.15) is 45.5 Å². The average molecular weight is 573 g/mol. The predicted octanol–water partition coefficient (Wildman–Crippen LogP) is 4.10. The van der Waals surface area contributed by atoms with E-state index in [9.17, 15) is 10.4 Å². The van der Waals surface area contributed by atoms with Crippen LogP contribution in [0.3, 0.4) is 0 Å². The lowest BCUT2D eigenvalue weighted by molar-refractivity contribution is -0.0188. The van der Waals surface area contributed by atoms with Gasteiger partial charge in [0.15, 0.2) is 23.0 Å². The van der Waals surface area contributed by atoms with Crippen LogP contribution in [0.25, 0.3) is 0 Å². The van der Waals surface area contributed by atoms with E-state index in [2.05, 4.69) is 36.0 Å². The van der Waals surface area contributed by atoms with Gasteiger partial charge in [-0.05, 0) is 31.4 Å². The van der Waals surface area contributed by atoms with Gasteiger partial charge in [-0.15, -0.1) is 0 Å². The Balaban J connectivity index is 1.81. The minimum atomic E-state index is -0.938. The van der Waals surface area contributed by atoms with Gasteiger partial charge in [-0.3, -0.25) is 4.90 Å². The normalized spacial score (nSPS) is 23.8. The first-order chi connectivity index (χ1) is 20.3. The number of rotatable bonds is 11. The number of nitrogens with two attached hydrogens (primary N) is 1. The van der Waals surface area contributed by atoms with Crippen LogP contribution in [-0.4, -0.2) is 61.6 Å². The predicted molar refractivity (Wildman–Crippen MR) is 162 cm³/mol. The average Bonchev–Trinajstić information content (AvgIpc) is 3.22. The highest BCUT2D eigenvalue weighted by Gasteiger charge is 2.58. The van der Waals surface area contributed by atoms with Crippen LogP contribution in [0.5, 0.6) is 28.7 Å². The van der Waals surface area contributed by atoms with Crippen molar-refractivity contribution in [3.8, 4) is 34.8 Å². The fourth-order valence-corrected chi connectivity index (χ4v) is 7.20. The topological polar surface area (TPSA) is 122 Å². The Kier molecular flexibility index (Phi) is 8.24. The van der Waals surface area contributed by atoms with E-state index in [0.29, 0.717) is 49.0 Å². The van der Waals surface area contributed by atoms with Crippen molar-refractivity contribution < 1.29 is 24.1 Å².